The minimum absolute atomic E-state index is 0.0507. The van der Waals surface area contributed by atoms with E-state index in [1.165, 1.54) is 11.6 Å². The standard InChI is InChI=1S/C18H21F3N6/c1-3-26(4-2)12-14-8-6-5-7-13(14)11-22-15-9-10-16-23-24-17(18(19,20)21)27(16)25-15/h5-10H,3-4,11-12H2,1-2H3,(H,22,25). The van der Waals surface area contributed by atoms with Gasteiger partial charge in [0, 0.05) is 13.1 Å². The van der Waals surface area contributed by atoms with E-state index in [0.29, 0.717) is 16.9 Å². The lowest BCUT2D eigenvalue weighted by Gasteiger charge is -2.20. The van der Waals surface area contributed by atoms with Crippen molar-refractivity contribution in [3.63, 3.8) is 0 Å². The van der Waals surface area contributed by atoms with Crippen molar-refractivity contribution in [3.05, 3.63) is 53.3 Å². The lowest BCUT2D eigenvalue weighted by molar-refractivity contribution is -0.146. The van der Waals surface area contributed by atoms with Crippen LogP contribution >= 0.6 is 0 Å². The fraction of sp³-hybridized carbons (Fsp3) is 0.389. The number of nitrogens with zero attached hydrogens (tertiary/aromatic N) is 5. The van der Waals surface area contributed by atoms with Gasteiger partial charge in [0.1, 0.15) is 5.82 Å². The van der Waals surface area contributed by atoms with Gasteiger partial charge >= 0.3 is 6.18 Å². The van der Waals surface area contributed by atoms with E-state index in [4.69, 9.17) is 0 Å². The van der Waals surface area contributed by atoms with E-state index in [0.717, 1.165) is 25.2 Å². The molecule has 0 radical (unpaired) electrons. The minimum Gasteiger partial charge on any atom is -0.365 e. The summed E-state index contributed by atoms with van der Waals surface area (Å²) < 4.78 is 39.7. The zero-order valence-corrected chi connectivity index (χ0v) is 15.2. The highest BCUT2D eigenvalue weighted by Gasteiger charge is 2.37. The van der Waals surface area contributed by atoms with E-state index >= 15 is 0 Å². The second-order valence-electron chi connectivity index (χ2n) is 6.09. The number of halogens is 3. The van der Waals surface area contributed by atoms with Crippen LogP contribution in [0.2, 0.25) is 0 Å². The summed E-state index contributed by atoms with van der Waals surface area (Å²) in [6.45, 7) is 7.40. The number of aromatic nitrogens is 4. The van der Waals surface area contributed by atoms with Gasteiger partial charge in [-0.15, -0.1) is 15.3 Å². The summed E-state index contributed by atoms with van der Waals surface area (Å²) in [6, 6.07) is 11.1. The van der Waals surface area contributed by atoms with Crippen LogP contribution in [0.5, 0.6) is 0 Å². The number of nitrogens with one attached hydrogen (secondary N) is 1. The van der Waals surface area contributed by atoms with Crippen LogP contribution in [0, 0.1) is 0 Å². The number of benzene rings is 1. The van der Waals surface area contributed by atoms with Crippen molar-refractivity contribution >= 4 is 11.5 Å². The van der Waals surface area contributed by atoms with Gasteiger partial charge in [-0.25, -0.2) is 0 Å². The van der Waals surface area contributed by atoms with Crippen LogP contribution < -0.4 is 5.32 Å². The molecule has 0 atom stereocenters. The van der Waals surface area contributed by atoms with Crippen LogP contribution in [0.3, 0.4) is 0 Å². The van der Waals surface area contributed by atoms with Crippen LogP contribution in [0.15, 0.2) is 36.4 Å². The molecule has 0 fully saturated rings. The average molecular weight is 378 g/mol. The first kappa shape index (κ1) is 19.1. The Morgan fingerprint density at radius 2 is 1.70 bits per heavy atom. The minimum atomic E-state index is -4.61. The van der Waals surface area contributed by atoms with Gasteiger partial charge in [0.2, 0.25) is 0 Å². The number of hydrogen-bond acceptors (Lipinski definition) is 5. The number of fused-ring (bicyclic) bond motifs is 1. The lowest BCUT2D eigenvalue weighted by atomic mass is 10.1. The molecule has 0 bridgehead atoms. The van der Waals surface area contributed by atoms with Gasteiger partial charge in [-0.1, -0.05) is 38.1 Å². The monoisotopic (exact) mass is 378 g/mol. The molecular weight excluding hydrogens is 357 g/mol. The molecule has 0 saturated carbocycles. The largest absolute Gasteiger partial charge is 0.453 e. The van der Waals surface area contributed by atoms with E-state index in [9.17, 15) is 13.2 Å². The summed E-state index contributed by atoms with van der Waals surface area (Å²) in [5, 5.41) is 13.8. The first-order valence-electron chi connectivity index (χ1n) is 8.75. The Morgan fingerprint density at radius 3 is 2.37 bits per heavy atom. The highest BCUT2D eigenvalue weighted by Crippen LogP contribution is 2.27. The van der Waals surface area contributed by atoms with Gasteiger partial charge in [-0.3, -0.25) is 4.90 Å². The summed E-state index contributed by atoms with van der Waals surface area (Å²) in [6.07, 6.45) is -4.61. The number of rotatable bonds is 7. The number of alkyl halides is 3. The highest BCUT2D eigenvalue weighted by molar-refractivity contribution is 5.45. The molecule has 144 valence electrons. The third kappa shape index (κ3) is 4.36. The maximum Gasteiger partial charge on any atom is 0.453 e. The fourth-order valence-corrected chi connectivity index (χ4v) is 2.82. The molecule has 27 heavy (non-hydrogen) atoms. The predicted molar refractivity (Wildman–Crippen MR) is 96.2 cm³/mol. The Morgan fingerprint density at radius 1 is 1.00 bits per heavy atom. The van der Waals surface area contributed by atoms with Crippen molar-refractivity contribution in [3.8, 4) is 0 Å². The summed E-state index contributed by atoms with van der Waals surface area (Å²) in [5.74, 6) is -0.812. The third-order valence-corrected chi connectivity index (χ3v) is 4.38. The molecule has 3 rings (SSSR count). The van der Waals surface area contributed by atoms with Gasteiger partial charge in [-0.05, 0) is 36.3 Å². The number of anilines is 1. The Hall–Kier alpha value is -2.68. The Kier molecular flexibility index (Phi) is 5.59. The molecule has 9 heteroatoms. The second kappa shape index (κ2) is 7.91. The third-order valence-electron chi connectivity index (χ3n) is 4.38. The van der Waals surface area contributed by atoms with Crippen LogP contribution in [-0.2, 0) is 19.3 Å². The maximum absolute atomic E-state index is 13.0. The van der Waals surface area contributed by atoms with E-state index < -0.39 is 12.0 Å². The first-order chi connectivity index (χ1) is 12.9. The molecule has 0 aliphatic heterocycles. The summed E-state index contributed by atoms with van der Waals surface area (Å²) in [4.78, 5) is 2.30. The molecule has 0 saturated heterocycles. The fourth-order valence-electron chi connectivity index (χ4n) is 2.82. The number of hydrogen-bond donors (Lipinski definition) is 1. The SMILES string of the molecule is CCN(CC)Cc1ccccc1CNc1ccc2nnc(C(F)(F)F)n2n1. The van der Waals surface area contributed by atoms with Crippen molar-refractivity contribution < 1.29 is 13.2 Å². The summed E-state index contributed by atoms with van der Waals surface area (Å²) >= 11 is 0. The first-order valence-corrected chi connectivity index (χ1v) is 8.75. The van der Waals surface area contributed by atoms with Crippen LogP contribution in [-0.4, -0.2) is 37.8 Å². The van der Waals surface area contributed by atoms with Crippen molar-refractivity contribution in [2.75, 3.05) is 18.4 Å². The molecule has 1 N–H and O–H groups in total. The van der Waals surface area contributed by atoms with Crippen molar-refractivity contribution in [1.29, 1.82) is 0 Å². The smallest absolute Gasteiger partial charge is 0.365 e. The zero-order chi connectivity index (χ0) is 19.4. The van der Waals surface area contributed by atoms with Gasteiger partial charge in [0.25, 0.3) is 5.82 Å². The van der Waals surface area contributed by atoms with E-state index in [1.807, 2.05) is 18.2 Å². The topological polar surface area (TPSA) is 58.3 Å². The molecule has 2 aromatic heterocycles. The average Bonchev–Trinajstić information content (AvgIpc) is 3.08. The van der Waals surface area contributed by atoms with E-state index in [-0.39, 0.29) is 5.65 Å². The molecule has 0 aliphatic rings. The second-order valence-corrected chi connectivity index (χ2v) is 6.09. The summed E-state index contributed by atoms with van der Waals surface area (Å²) in [7, 11) is 0. The highest BCUT2D eigenvalue weighted by atomic mass is 19.4. The predicted octanol–water partition coefficient (Wildman–Crippen LogP) is 3.60. The van der Waals surface area contributed by atoms with Gasteiger partial charge in [0.05, 0.1) is 0 Å². The lowest BCUT2D eigenvalue weighted by Crippen LogP contribution is -2.23. The van der Waals surface area contributed by atoms with Crippen LogP contribution in [0.4, 0.5) is 19.0 Å². The Bertz CT molecular complexity index is 901. The van der Waals surface area contributed by atoms with Crippen LogP contribution in [0.25, 0.3) is 5.65 Å². The molecule has 6 nitrogen and oxygen atoms in total. The van der Waals surface area contributed by atoms with E-state index in [2.05, 4.69) is 45.4 Å². The molecule has 0 spiro atoms. The molecule has 0 aliphatic carbocycles. The van der Waals surface area contributed by atoms with Crippen molar-refractivity contribution in [2.24, 2.45) is 0 Å². The maximum atomic E-state index is 13.0. The molecule has 0 unspecified atom stereocenters. The van der Waals surface area contributed by atoms with Gasteiger partial charge in [-0.2, -0.15) is 17.7 Å². The quantitative estimate of drug-likeness (QED) is 0.681. The molecular formula is C18H21F3N6. The normalized spacial score (nSPS) is 12.1. The Labute approximate surface area is 155 Å². The summed E-state index contributed by atoms with van der Waals surface area (Å²) in [5.41, 5.74) is 2.30. The molecule has 3 aromatic rings. The van der Waals surface area contributed by atoms with Crippen LogP contribution in [0.1, 0.15) is 30.8 Å². The van der Waals surface area contributed by atoms with Gasteiger partial charge in [0.15, 0.2) is 5.65 Å². The van der Waals surface area contributed by atoms with Crippen molar-refractivity contribution in [1.82, 2.24) is 24.7 Å². The van der Waals surface area contributed by atoms with Crippen molar-refractivity contribution in [2.45, 2.75) is 33.1 Å². The molecule has 1 aromatic carbocycles. The van der Waals surface area contributed by atoms with Gasteiger partial charge < -0.3 is 5.32 Å². The zero-order valence-electron chi connectivity index (χ0n) is 15.2. The Balaban J connectivity index is 1.79. The molecule has 0 amide bonds. The molecule has 2 heterocycles. The van der Waals surface area contributed by atoms with E-state index in [1.54, 1.807) is 6.07 Å².